The Labute approximate surface area is 166 Å². The van der Waals surface area contributed by atoms with Crippen molar-refractivity contribution < 1.29 is 23.9 Å². The Morgan fingerprint density at radius 2 is 1.90 bits per heavy atom. The number of nitrogens with one attached hydrogen (secondary N) is 2. The van der Waals surface area contributed by atoms with Crippen LogP contribution >= 0.6 is 0 Å². The number of imide groups is 1. The van der Waals surface area contributed by atoms with Gasteiger partial charge in [0.15, 0.2) is 11.5 Å². The summed E-state index contributed by atoms with van der Waals surface area (Å²) in [6, 6.07) is 12.1. The van der Waals surface area contributed by atoms with Crippen molar-refractivity contribution in [3.8, 4) is 11.5 Å². The fourth-order valence-electron chi connectivity index (χ4n) is 4.20. The Hall–Kier alpha value is -3.55. The molecule has 0 saturated carbocycles. The lowest BCUT2D eigenvalue weighted by Crippen LogP contribution is -2.43. The maximum absolute atomic E-state index is 13.1. The molecule has 2 N–H and O–H groups in total. The van der Waals surface area contributed by atoms with E-state index in [1.807, 2.05) is 24.3 Å². The topological polar surface area (TPSA) is 97.0 Å². The molecule has 8 heteroatoms. The third kappa shape index (κ3) is 2.79. The number of ether oxygens (including phenoxy) is 2. The highest BCUT2D eigenvalue weighted by molar-refractivity contribution is 6.11. The summed E-state index contributed by atoms with van der Waals surface area (Å²) in [4.78, 5) is 39.1. The number of nitrogens with zero attached hydrogens (tertiary/aromatic N) is 1. The van der Waals surface area contributed by atoms with Crippen molar-refractivity contribution in [3.63, 3.8) is 0 Å². The summed E-state index contributed by atoms with van der Waals surface area (Å²) in [5.74, 6) is 0.314. The number of benzene rings is 2. The van der Waals surface area contributed by atoms with Crippen LogP contribution < -0.4 is 20.1 Å². The molecule has 1 saturated heterocycles. The number of aryl methyl sites for hydroxylation is 1. The molecule has 29 heavy (non-hydrogen) atoms. The predicted molar refractivity (Wildman–Crippen MR) is 103 cm³/mol. The van der Waals surface area contributed by atoms with Crippen molar-refractivity contribution in [1.82, 2.24) is 10.2 Å². The first-order chi connectivity index (χ1) is 14.1. The highest BCUT2D eigenvalue weighted by atomic mass is 16.6. The Morgan fingerprint density at radius 3 is 2.76 bits per heavy atom. The number of hydrogen-bond donors (Lipinski definition) is 2. The molecule has 1 aliphatic carbocycles. The smallest absolute Gasteiger partial charge is 0.325 e. The summed E-state index contributed by atoms with van der Waals surface area (Å²) in [6.45, 7) is 0.565. The quantitative estimate of drug-likeness (QED) is 0.775. The molecule has 2 aromatic carbocycles. The van der Waals surface area contributed by atoms with Crippen LogP contribution in [0.5, 0.6) is 11.5 Å². The van der Waals surface area contributed by atoms with Crippen LogP contribution in [-0.2, 0) is 21.5 Å². The average molecular weight is 393 g/mol. The van der Waals surface area contributed by atoms with E-state index in [9.17, 15) is 14.4 Å². The maximum Gasteiger partial charge on any atom is 0.325 e. The fourth-order valence-corrected chi connectivity index (χ4v) is 4.20. The van der Waals surface area contributed by atoms with Crippen LogP contribution in [-0.4, -0.2) is 42.5 Å². The Bertz CT molecular complexity index is 1040. The van der Waals surface area contributed by atoms with E-state index in [1.54, 1.807) is 18.2 Å². The average Bonchev–Trinajstić information content (AvgIpc) is 3.21. The van der Waals surface area contributed by atoms with Gasteiger partial charge in [0.25, 0.3) is 5.91 Å². The van der Waals surface area contributed by atoms with Gasteiger partial charge in [-0.3, -0.25) is 14.5 Å². The zero-order valence-electron chi connectivity index (χ0n) is 15.6. The number of fused-ring (bicyclic) bond motifs is 3. The highest BCUT2D eigenvalue weighted by Crippen LogP contribution is 2.41. The van der Waals surface area contributed by atoms with Crippen molar-refractivity contribution in [1.29, 1.82) is 0 Å². The molecule has 1 fully saturated rings. The van der Waals surface area contributed by atoms with Gasteiger partial charge in [-0.05, 0) is 36.1 Å². The van der Waals surface area contributed by atoms with Gasteiger partial charge in [-0.15, -0.1) is 0 Å². The second-order valence-electron chi connectivity index (χ2n) is 7.29. The second kappa shape index (κ2) is 6.51. The number of carbonyl (C=O) groups excluding carboxylic acids is 3. The number of rotatable bonds is 3. The molecule has 8 nitrogen and oxygen atoms in total. The summed E-state index contributed by atoms with van der Waals surface area (Å²) in [5, 5.41) is 5.53. The van der Waals surface area contributed by atoms with Crippen LogP contribution in [0.4, 0.5) is 10.5 Å². The summed E-state index contributed by atoms with van der Waals surface area (Å²) in [6.07, 6.45) is 1.20. The van der Waals surface area contributed by atoms with Gasteiger partial charge >= 0.3 is 6.03 Å². The molecule has 2 heterocycles. The molecule has 2 aliphatic heterocycles. The molecule has 3 aliphatic rings. The molecule has 2 aromatic rings. The Balaban J connectivity index is 1.31. The summed E-state index contributed by atoms with van der Waals surface area (Å²) < 4.78 is 11.0. The van der Waals surface area contributed by atoms with Gasteiger partial charge in [0, 0.05) is 11.8 Å². The first-order valence-corrected chi connectivity index (χ1v) is 9.49. The lowest BCUT2D eigenvalue weighted by atomic mass is 9.92. The summed E-state index contributed by atoms with van der Waals surface area (Å²) >= 11 is 0. The molecule has 0 radical (unpaired) electrons. The zero-order chi connectivity index (χ0) is 20.0. The first kappa shape index (κ1) is 17.5. The number of urea groups is 1. The normalized spacial score (nSPS) is 21.9. The minimum atomic E-state index is -1.06. The van der Waals surface area contributed by atoms with E-state index in [1.165, 1.54) is 0 Å². The predicted octanol–water partition coefficient (Wildman–Crippen LogP) is 1.79. The lowest BCUT2D eigenvalue weighted by molar-refractivity contribution is -0.134. The number of anilines is 1. The second-order valence-corrected chi connectivity index (χ2v) is 7.29. The molecule has 1 atom stereocenters. The van der Waals surface area contributed by atoms with Crippen LogP contribution in [0.2, 0.25) is 0 Å². The van der Waals surface area contributed by atoms with E-state index in [-0.39, 0.29) is 12.5 Å². The van der Waals surface area contributed by atoms with Crippen LogP contribution in [0.3, 0.4) is 0 Å². The highest BCUT2D eigenvalue weighted by Gasteiger charge is 2.55. The van der Waals surface area contributed by atoms with Gasteiger partial charge < -0.3 is 20.1 Å². The number of hydrogen-bond acceptors (Lipinski definition) is 5. The fraction of sp³-hybridized carbons (Fsp3) is 0.286. The zero-order valence-corrected chi connectivity index (χ0v) is 15.6. The largest absolute Gasteiger partial charge is 0.486 e. The van der Waals surface area contributed by atoms with Crippen molar-refractivity contribution in [2.24, 2.45) is 0 Å². The Morgan fingerprint density at radius 1 is 1.10 bits per heavy atom. The molecule has 148 valence electrons. The summed E-state index contributed by atoms with van der Waals surface area (Å²) in [7, 11) is 0. The van der Waals surface area contributed by atoms with E-state index in [0.717, 1.165) is 16.0 Å². The SMILES string of the molecule is O=C(CN1C(=O)N[C@]2(CCc3ccccc32)C1=O)Nc1ccc2c(c1)OCCO2. The van der Waals surface area contributed by atoms with Gasteiger partial charge in [0.05, 0.1) is 0 Å². The van der Waals surface area contributed by atoms with E-state index >= 15 is 0 Å². The van der Waals surface area contributed by atoms with E-state index < -0.39 is 17.5 Å². The van der Waals surface area contributed by atoms with Gasteiger partial charge in [-0.2, -0.15) is 0 Å². The number of amides is 4. The molecule has 0 aromatic heterocycles. The van der Waals surface area contributed by atoms with Gasteiger partial charge in [0.2, 0.25) is 5.91 Å². The van der Waals surface area contributed by atoms with Crippen LogP contribution in [0.25, 0.3) is 0 Å². The summed E-state index contributed by atoms with van der Waals surface area (Å²) in [5.41, 5.74) is 1.30. The van der Waals surface area contributed by atoms with E-state index in [0.29, 0.717) is 43.2 Å². The van der Waals surface area contributed by atoms with Crippen LogP contribution in [0.15, 0.2) is 42.5 Å². The third-order valence-corrected chi connectivity index (χ3v) is 5.55. The molecular formula is C21H19N3O5. The van der Waals surface area contributed by atoms with Crippen molar-refractivity contribution >= 4 is 23.5 Å². The maximum atomic E-state index is 13.1. The van der Waals surface area contributed by atoms with Gasteiger partial charge in [-0.25, -0.2) is 4.79 Å². The van der Waals surface area contributed by atoms with Crippen LogP contribution in [0, 0.1) is 0 Å². The number of carbonyl (C=O) groups is 3. The monoisotopic (exact) mass is 393 g/mol. The van der Waals surface area contributed by atoms with E-state index in [2.05, 4.69) is 10.6 Å². The molecule has 1 spiro atoms. The van der Waals surface area contributed by atoms with Crippen molar-refractivity contribution in [3.05, 3.63) is 53.6 Å². The van der Waals surface area contributed by atoms with Crippen molar-refractivity contribution in [2.45, 2.75) is 18.4 Å². The minimum Gasteiger partial charge on any atom is -0.486 e. The van der Waals surface area contributed by atoms with E-state index in [4.69, 9.17) is 9.47 Å². The molecular weight excluding hydrogens is 374 g/mol. The van der Waals surface area contributed by atoms with Crippen LogP contribution in [0.1, 0.15) is 17.5 Å². The van der Waals surface area contributed by atoms with Gasteiger partial charge in [-0.1, -0.05) is 24.3 Å². The lowest BCUT2D eigenvalue weighted by Gasteiger charge is -2.22. The van der Waals surface area contributed by atoms with Crippen molar-refractivity contribution in [2.75, 3.05) is 25.1 Å². The Kier molecular flexibility index (Phi) is 3.94. The molecule has 5 rings (SSSR count). The molecule has 0 bridgehead atoms. The first-order valence-electron chi connectivity index (χ1n) is 9.49. The van der Waals surface area contributed by atoms with Gasteiger partial charge in [0.1, 0.15) is 25.3 Å². The molecule has 0 unspecified atom stereocenters. The third-order valence-electron chi connectivity index (χ3n) is 5.55. The standard InChI is InChI=1S/C21H19N3O5/c25-18(22-14-5-6-16-17(11-14)29-10-9-28-16)12-24-19(26)21(23-20(24)27)8-7-13-3-1-2-4-15(13)21/h1-6,11H,7-10,12H2,(H,22,25)(H,23,27)/t21-/m0/s1. The minimum absolute atomic E-state index is 0.358. The molecule has 4 amide bonds.